The second-order valence-corrected chi connectivity index (χ2v) is 4.53. The molecular weight excluding hydrogens is 296 g/mol. The first-order chi connectivity index (χ1) is 9.95. The number of pyridine rings is 1. The summed E-state index contributed by atoms with van der Waals surface area (Å²) in [7, 11) is 1.39. The highest BCUT2D eigenvalue weighted by Crippen LogP contribution is 2.27. The van der Waals surface area contributed by atoms with Crippen LogP contribution in [0.15, 0.2) is 30.5 Å². The summed E-state index contributed by atoms with van der Waals surface area (Å²) in [5.41, 5.74) is 5.33. The molecule has 1 aromatic heterocycles. The van der Waals surface area contributed by atoms with Gasteiger partial charge in [0.25, 0.3) is 0 Å². The zero-order valence-corrected chi connectivity index (χ0v) is 11.7. The summed E-state index contributed by atoms with van der Waals surface area (Å²) in [6.45, 7) is 0. The number of hydrogen-bond donors (Lipinski definition) is 2. The van der Waals surface area contributed by atoms with E-state index >= 15 is 0 Å². The summed E-state index contributed by atoms with van der Waals surface area (Å²) in [4.78, 5) is 27.5. The number of halogens is 1. The number of carboxylic acid groups (broad SMARTS) is 1. The van der Waals surface area contributed by atoms with E-state index in [1.807, 2.05) is 0 Å². The van der Waals surface area contributed by atoms with E-state index < -0.39 is 11.8 Å². The summed E-state index contributed by atoms with van der Waals surface area (Å²) >= 11 is 5.84. The van der Waals surface area contributed by atoms with E-state index in [-0.39, 0.29) is 28.3 Å². The standard InChI is InChI=1S/C14H11ClN2O4/c1-21-10-6-7(15)2-3-8(10)12(18)9-4-5-17-13(16)11(9)14(19)20/h2-6H,1H3,(H2,16,17)(H,19,20). The van der Waals surface area contributed by atoms with Gasteiger partial charge in [0.05, 0.1) is 12.7 Å². The summed E-state index contributed by atoms with van der Waals surface area (Å²) in [6, 6.07) is 5.75. The average Bonchev–Trinajstić information content (AvgIpc) is 2.45. The molecule has 2 rings (SSSR count). The van der Waals surface area contributed by atoms with E-state index in [2.05, 4.69) is 4.98 Å². The summed E-state index contributed by atoms with van der Waals surface area (Å²) in [5.74, 6) is -1.83. The molecule has 108 valence electrons. The number of nitrogens with two attached hydrogens (primary N) is 1. The lowest BCUT2D eigenvalue weighted by atomic mass is 9.98. The number of carboxylic acids is 1. The van der Waals surface area contributed by atoms with Gasteiger partial charge >= 0.3 is 5.97 Å². The molecular formula is C14H11ClN2O4. The van der Waals surface area contributed by atoms with Crippen molar-refractivity contribution in [1.29, 1.82) is 0 Å². The number of aromatic nitrogens is 1. The number of ether oxygens (including phenoxy) is 1. The molecule has 1 aromatic carbocycles. The first-order valence-electron chi connectivity index (χ1n) is 5.81. The van der Waals surface area contributed by atoms with Crippen molar-refractivity contribution in [2.24, 2.45) is 0 Å². The number of carbonyl (C=O) groups is 2. The van der Waals surface area contributed by atoms with Gasteiger partial charge in [-0.05, 0) is 24.3 Å². The van der Waals surface area contributed by atoms with Crippen LogP contribution in [-0.4, -0.2) is 29.0 Å². The first-order valence-corrected chi connectivity index (χ1v) is 6.19. The van der Waals surface area contributed by atoms with Crippen LogP contribution in [0.25, 0.3) is 0 Å². The highest BCUT2D eigenvalue weighted by atomic mass is 35.5. The zero-order valence-electron chi connectivity index (χ0n) is 11.0. The van der Waals surface area contributed by atoms with Crippen LogP contribution < -0.4 is 10.5 Å². The zero-order chi connectivity index (χ0) is 15.6. The van der Waals surface area contributed by atoms with Crippen LogP contribution in [0.4, 0.5) is 5.82 Å². The smallest absolute Gasteiger partial charge is 0.340 e. The molecule has 0 fully saturated rings. The monoisotopic (exact) mass is 306 g/mol. The molecule has 2 aromatic rings. The molecule has 0 unspecified atom stereocenters. The fraction of sp³-hybridized carbons (Fsp3) is 0.0714. The molecule has 7 heteroatoms. The minimum atomic E-state index is -1.32. The number of carbonyl (C=O) groups excluding carboxylic acids is 1. The van der Waals surface area contributed by atoms with Gasteiger partial charge in [-0.3, -0.25) is 4.79 Å². The number of methoxy groups -OCH3 is 1. The Kier molecular flexibility index (Phi) is 4.09. The molecule has 0 atom stereocenters. The number of aromatic carboxylic acids is 1. The van der Waals surface area contributed by atoms with Crippen molar-refractivity contribution in [3.05, 3.63) is 52.2 Å². The van der Waals surface area contributed by atoms with E-state index in [0.29, 0.717) is 5.02 Å². The highest BCUT2D eigenvalue weighted by Gasteiger charge is 2.23. The van der Waals surface area contributed by atoms with Crippen molar-refractivity contribution in [2.45, 2.75) is 0 Å². The van der Waals surface area contributed by atoms with Gasteiger partial charge in [0, 0.05) is 16.8 Å². The Labute approximate surface area is 125 Å². The van der Waals surface area contributed by atoms with Crippen molar-refractivity contribution >= 4 is 29.2 Å². The Bertz CT molecular complexity index is 731. The molecule has 0 radical (unpaired) electrons. The molecule has 0 saturated carbocycles. The Morgan fingerprint density at radius 3 is 2.62 bits per heavy atom. The lowest BCUT2D eigenvalue weighted by Crippen LogP contribution is -2.14. The summed E-state index contributed by atoms with van der Waals surface area (Å²) < 4.78 is 5.10. The lowest BCUT2D eigenvalue weighted by Gasteiger charge is -2.10. The third-order valence-corrected chi connectivity index (χ3v) is 3.08. The van der Waals surface area contributed by atoms with Gasteiger partial charge in [0.1, 0.15) is 17.1 Å². The Balaban J connectivity index is 2.61. The minimum Gasteiger partial charge on any atom is -0.496 e. The Hall–Kier alpha value is -2.60. The van der Waals surface area contributed by atoms with E-state index in [0.717, 1.165) is 0 Å². The predicted octanol–water partition coefficient (Wildman–Crippen LogP) is 2.25. The quantitative estimate of drug-likeness (QED) is 0.840. The van der Waals surface area contributed by atoms with Crippen molar-refractivity contribution in [2.75, 3.05) is 12.8 Å². The van der Waals surface area contributed by atoms with E-state index in [4.69, 9.17) is 22.1 Å². The Morgan fingerprint density at radius 1 is 1.29 bits per heavy atom. The van der Waals surface area contributed by atoms with Crippen LogP contribution >= 0.6 is 11.6 Å². The normalized spacial score (nSPS) is 10.2. The van der Waals surface area contributed by atoms with E-state index in [1.165, 1.54) is 37.6 Å². The topological polar surface area (TPSA) is 103 Å². The summed E-state index contributed by atoms with van der Waals surface area (Å²) in [5, 5.41) is 9.59. The van der Waals surface area contributed by atoms with Crippen molar-refractivity contribution in [1.82, 2.24) is 4.98 Å². The maximum absolute atomic E-state index is 12.5. The molecule has 21 heavy (non-hydrogen) atoms. The highest BCUT2D eigenvalue weighted by molar-refractivity contribution is 6.31. The van der Waals surface area contributed by atoms with Gasteiger partial charge in [-0.15, -0.1) is 0 Å². The number of ketones is 1. The number of nitrogens with zero attached hydrogens (tertiary/aromatic N) is 1. The SMILES string of the molecule is COc1cc(Cl)ccc1C(=O)c1ccnc(N)c1C(=O)O. The van der Waals surface area contributed by atoms with Crippen LogP contribution in [0, 0.1) is 0 Å². The van der Waals surface area contributed by atoms with Crippen molar-refractivity contribution in [3.8, 4) is 5.75 Å². The Morgan fingerprint density at radius 2 is 2.00 bits per heavy atom. The molecule has 1 heterocycles. The van der Waals surface area contributed by atoms with Gasteiger partial charge in [0.15, 0.2) is 5.78 Å². The fourth-order valence-corrected chi connectivity index (χ4v) is 2.05. The molecule has 3 N–H and O–H groups in total. The van der Waals surface area contributed by atoms with E-state index in [1.54, 1.807) is 0 Å². The van der Waals surface area contributed by atoms with Gasteiger partial charge in [-0.2, -0.15) is 0 Å². The van der Waals surface area contributed by atoms with Crippen LogP contribution in [0.3, 0.4) is 0 Å². The van der Waals surface area contributed by atoms with Crippen LogP contribution in [0.5, 0.6) is 5.75 Å². The third-order valence-electron chi connectivity index (χ3n) is 2.85. The van der Waals surface area contributed by atoms with Gasteiger partial charge in [-0.1, -0.05) is 11.6 Å². The van der Waals surface area contributed by atoms with Crippen LogP contribution in [-0.2, 0) is 0 Å². The van der Waals surface area contributed by atoms with E-state index in [9.17, 15) is 14.7 Å². The average molecular weight is 307 g/mol. The van der Waals surface area contributed by atoms with Crippen LogP contribution in [0.1, 0.15) is 26.3 Å². The largest absolute Gasteiger partial charge is 0.496 e. The van der Waals surface area contributed by atoms with Gasteiger partial charge < -0.3 is 15.6 Å². The number of hydrogen-bond acceptors (Lipinski definition) is 5. The first kappa shape index (κ1) is 14.8. The maximum atomic E-state index is 12.5. The molecule has 0 aliphatic heterocycles. The molecule has 6 nitrogen and oxygen atoms in total. The molecule has 0 aliphatic carbocycles. The maximum Gasteiger partial charge on any atom is 0.340 e. The fourth-order valence-electron chi connectivity index (χ4n) is 1.89. The second kappa shape index (κ2) is 5.80. The van der Waals surface area contributed by atoms with Gasteiger partial charge in [0.2, 0.25) is 0 Å². The van der Waals surface area contributed by atoms with Crippen molar-refractivity contribution < 1.29 is 19.4 Å². The second-order valence-electron chi connectivity index (χ2n) is 4.10. The molecule has 0 amide bonds. The van der Waals surface area contributed by atoms with Crippen molar-refractivity contribution in [3.63, 3.8) is 0 Å². The minimum absolute atomic E-state index is 0.0596. The third kappa shape index (κ3) is 2.80. The molecule has 0 bridgehead atoms. The lowest BCUT2D eigenvalue weighted by molar-refractivity contribution is 0.0693. The summed E-state index contributed by atoms with van der Waals surface area (Å²) in [6.07, 6.45) is 1.28. The number of benzene rings is 1. The predicted molar refractivity (Wildman–Crippen MR) is 77.0 cm³/mol. The number of rotatable bonds is 4. The molecule has 0 saturated heterocycles. The van der Waals surface area contributed by atoms with Gasteiger partial charge in [-0.25, -0.2) is 9.78 Å². The molecule has 0 aliphatic rings. The molecule has 0 spiro atoms. The number of anilines is 1. The van der Waals surface area contributed by atoms with Crippen LogP contribution in [0.2, 0.25) is 5.02 Å². The number of nitrogen functional groups attached to an aromatic ring is 1.